The van der Waals surface area contributed by atoms with Gasteiger partial charge >= 0.3 is 0 Å². The van der Waals surface area contributed by atoms with Crippen molar-refractivity contribution in [1.82, 2.24) is 25.1 Å². The molecule has 2 aromatic rings. The third kappa shape index (κ3) is 4.30. The van der Waals surface area contributed by atoms with Gasteiger partial charge < -0.3 is 4.90 Å². The van der Waals surface area contributed by atoms with Gasteiger partial charge in [-0.05, 0) is 49.8 Å². The Morgan fingerprint density at radius 2 is 1.79 bits per heavy atom. The molecular weight excluding hydrogens is 358 g/mol. The van der Waals surface area contributed by atoms with Gasteiger partial charge in [-0.25, -0.2) is 4.68 Å². The van der Waals surface area contributed by atoms with E-state index in [9.17, 15) is 10.1 Å². The van der Waals surface area contributed by atoms with E-state index in [0.717, 1.165) is 50.5 Å². The van der Waals surface area contributed by atoms with E-state index in [0.29, 0.717) is 0 Å². The zero-order valence-electron chi connectivity index (χ0n) is 17.1. The third-order valence-electron chi connectivity index (χ3n) is 5.17. The number of nitro benzene ring substituents is 1. The predicted molar refractivity (Wildman–Crippen MR) is 107 cm³/mol. The largest absolute Gasteiger partial charge is 0.369 e. The van der Waals surface area contributed by atoms with Crippen molar-refractivity contribution in [2.45, 2.75) is 52.1 Å². The number of hydrogen-bond acceptors (Lipinski definition) is 7. The molecule has 152 valence electrons. The molecule has 1 aromatic heterocycles. The van der Waals surface area contributed by atoms with Gasteiger partial charge in [-0.3, -0.25) is 15.0 Å². The molecule has 3 rings (SSSR count). The van der Waals surface area contributed by atoms with Crippen LogP contribution in [0.15, 0.2) is 24.3 Å². The van der Waals surface area contributed by atoms with Crippen LogP contribution in [0.2, 0.25) is 0 Å². The zero-order chi connectivity index (χ0) is 20.3. The number of nitro groups is 1. The Morgan fingerprint density at radius 1 is 1.14 bits per heavy atom. The maximum absolute atomic E-state index is 10.8. The van der Waals surface area contributed by atoms with Gasteiger partial charge in [0, 0.05) is 44.0 Å². The average Bonchev–Trinajstić information content (AvgIpc) is 3.16. The van der Waals surface area contributed by atoms with Gasteiger partial charge in [-0.2, -0.15) is 0 Å². The van der Waals surface area contributed by atoms with Crippen molar-refractivity contribution in [3.8, 4) is 0 Å². The van der Waals surface area contributed by atoms with Crippen molar-refractivity contribution < 1.29 is 4.92 Å². The molecule has 0 unspecified atom stereocenters. The van der Waals surface area contributed by atoms with Gasteiger partial charge in [-0.1, -0.05) is 13.3 Å². The lowest BCUT2D eigenvalue weighted by Crippen LogP contribution is -2.48. The Kier molecular flexibility index (Phi) is 5.93. The molecule has 0 radical (unpaired) electrons. The number of nitrogens with zero attached hydrogens (tertiary/aromatic N) is 7. The molecule has 9 nitrogen and oxygen atoms in total. The molecule has 1 saturated heterocycles. The first kappa shape index (κ1) is 20.2. The molecule has 0 bridgehead atoms. The molecule has 9 heteroatoms. The molecule has 1 atom stereocenters. The first-order valence-corrected chi connectivity index (χ1v) is 9.83. The van der Waals surface area contributed by atoms with Gasteiger partial charge in [0.15, 0.2) is 5.82 Å². The van der Waals surface area contributed by atoms with E-state index in [1.165, 1.54) is 0 Å². The molecule has 1 aliphatic heterocycles. The summed E-state index contributed by atoms with van der Waals surface area (Å²) in [5.74, 6) is 0.929. The Balaban J connectivity index is 1.71. The van der Waals surface area contributed by atoms with Crippen molar-refractivity contribution in [2.75, 3.05) is 31.1 Å². The van der Waals surface area contributed by atoms with Crippen LogP contribution in [-0.4, -0.2) is 56.2 Å². The zero-order valence-corrected chi connectivity index (χ0v) is 17.1. The minimum Gasteiger partial charge on any atom is -0.369 e. The monoisotopic (exact) mass is 387 g/mol. The summed E-state index contributed by atoms with van der Waals surface area (Å²) < 4.78 is 1.94. The van der Waals surface area contributed by atoms with Crippen molar-refractivity contribution in [3.63, 3.8) is 0 Å². The summed E-state index contributed by atoms with van der Waals surface area (Å²) in [4.78, 5) is 15.2. The van der Waals surface area contributed by atoms with E-state index >= 15 is 0 Å². The van der Waals surface area contributed by atoms with Crippen LogP contribution in [0.5, 0.6) is 0 Å². The summed E-state index contributed by atoms with van der Waals surface area (Å²) in [5, 5.41) is 23.4. The highest BCUT2D eigenvalue weighted by molar-refractivity contribution is 5.51. The van der Waals surface area contributed by atoms with Gasteiger partial charge in [0.1, 0.15) is 0 Å². The summed E-state index contributed by atoms with van der Waals surface area (Å²) in [5.41, 5.74) is 0.988. The maximum Gasteiger partial charge on any atom is 0.269 e. The summed E-state index contributed by atoms with van der Waals surface area (Å²) in [7, 11) is 0. The molecule has 0 aliphatic carbocycles. The number of piperazine rings is 1. The molecular formula is C19H29N7O2. The summed E-state index contributed by atoms with van der Waals surface area (Å²) in [6, 6.07) is 6.99. The number of rotatable bonds is 6. The average molecular weight is 387 g/mol. The van der Waals surface area contributed by atoms with E-state index < -0.39 is 0 Å². The van der Waals surface area contributed by atoms with Crippen LogP contribution in [-0.2, 0) is 5.54 Å². The summed E-state index contributed by atoms with van der Waals surface area (Å²) in [6.07, 6.45) is 2.07. The van der Waals surface area contributed by atoms with Crippen LogP contribution in [0, 0.1) is 10.1 Å². The number of tetrazole rings is 1. The molecule has 0 N–H and O–H groups in total. The molecule has 0 saturated carbocycles. The first-order chi connectivity index (χ1) is 13.3. The highest BCUT2D eigenvalue weighted by Gasteiger charge is 2.31. The van der Waals surface area contributed by atoms with E-state index in [2.05, 4.69) is 53.0 Å². The molecule has 1 aromatic carbocycles. The van der Waals surface area contributed by atoms with Crippen LogP contribution >= 0.6 is 0 Å². The van der Waals surface area contributed by atoms with Crippen LogP contribution in [0.4, 0.5) is 11.4 Å². The Morgan fingerprint density at radius 3 is 2.32 bits per heavy atom. The van der Waals surface area contributed by atoms with Crippen LogP contribution in [0.1, 0.15) is 52.4 Å². The van der Waals surface area contributed by atoms with Gasteiger partial charge in [0.2, 0.25) is 0 Å². The fourth-order valence-corrected chi connectivity index (χ4v) is 3.70. The SMILES string of the molecule is CCC[C@H](c1nnnn1C(C)(C)C)N1CCN(c2ccc([N+](=O)[O-])cc2)CC1. The molecule has 2 heterocycles. The lowest BCUT2D eigenvalue weighted by molar-refractivity contribution is -0.384. The molecule has 1 aliphatic rings. The van der Waals surface area contributed by atoms with Gasteiger partial charge in [0.05, 0.1) is 16.5 Å². The van der Waals surface area contributed by atoms with E-state index in [-0.39, 0.29) is 22.2 Å². The number of aromatic nitrogens is 4. The molecule has 28 heavy (non-hydrogen) atoms. The number of non-ortho nitro benzene ring substituents is 1. The van der Waals surface area contributed by atoms with Crippen molar-refractivity contribution in [1.29, 1.82) is 0 Å². The maximum atomic E-state index is 10.8. The normalized spacial score (nSPS) is 16.9. The summed E-state index contributed by atoms with van der Waals surface area (Å²) in [6.45, 7) is 12.1. The number of hydrogen-bond donors (Lipinski definition) is 0. The van der Waals surface area contributed by atoms with Crippen LogP contribution < -0.4 is 4.90 Å². The van der Waals surface area contributed by atoms with Gasteiger partial charge in [0.25, 0.3) is 5.69 Å². The van der Waals surface area contributed by atoms with Crippen molar-refractivity contribution in [2.24, 2.45) is 0 Å². The minimum atomic E-state index is -0.365. The van der Waals surface area contributed by atoms with E-state index in [1.54, 1.807) is 12.1 Å². The topological polar surface area (TPSA) is 93.2 Å². The second-order valence-corrected chi connectivity index (χ2v) is 8.22. The highest BCUT2D eigenvalue weighted by Crippen LogP contribution is 2.29. The lowest BCUT2D eigenvalue weighted by Gasteiger charge is -2.40. The molecule has 0 amide bonds. The Bertz CT molecular complexity index is 789. The van der Waals surface area contributed by atoms with Crippen LogP contribution in [0.3, 0.4) is 0 Å². The highest BCUT2D eigenvalue weighted by atomic mass is 16.6. The predicted octanol–water partition coefficient (Wildman–Crippen LogP) is 3.00. The van der Waals surface area contributed by atoms with E-state index in [4.69, 9.17) is 0 Å². The second-order valence-electron chi connectivity index (χ2n) is 8.22. The molecule has 0 spiro atoms. The second kappa shape index (κ2) is 8.22. The lowest BCUT2D eigenvalue weighted by atomic mass is 10.0. The Hall–Kier alpha value is -2.55. The number of benzene rings is 1. The quantitative estimate of drug-likeness (QED) is 0.555. The van der Waals surface area contributed by atoms with Crippen LogP contribution in [0.25, 0.3) is 0 Å². The standard InChI is InChI=1S/C19H29N7O2/c1-5-6-17(18-20-21-22-25(18)19(2,3)4)24-13-11-23(12-14-24)15-7-9-16(10-8-15)26(27)28/h7-10,17H,5-6,11-14H2,1-4H3/t17-/m1/s1. The smallest absolute Gasteiger partial charge is 0.269 e. The minimum absolute atomic E-state index is 0.124. The fraction of sp³-hybridized carbons (Fsp3) is 0.632. The first-order valence-electron chi connectivity index (χ1n) is 9.83. The summed E-state index contributed by atoms with van der Waals surface area (Å²) >= 11 is 0. The van der Waals surface area contributed by atoms with E-state index in [1.807, 2.05) is 16.8 Å². The fourth-order valence-electron chi connectivity index (χ4n) is 3.70. The third-order valence-corrected chi connectivity index (χ3v) is 5.17. The van der Waals surface area contributed by atoms with Gasteiger partial charge in [-0.15, -0.1) is 5.10 Å². The molecule has 1 fully saturated rings. The Labute approximate surface area is 165 Å². The number of anilines is 1. The van der Waals surface area contributed by atoms with Crippen molar-refractivity contribution in [3.05, 3.63) is 40.2 Å². The van der Waals surface area contributed by atoms with Crippen molar-refractivity contribution >= 4 is 11.4 Å².